The van der Waals surface area contributed by atoms with E-state index in [0.29, 0.717) is 12.0 Å². The van der Waals surface area contributed by atoms with Gasteiger partial charge in [-0.3, -0.25) is 0 Å². The van der Waals surface area contributed by atoms with Crippen LogP contribution in [-0.2, 0) is 5.41 Å². The van der Waals surface area contributed by atoms with E-state index in [2.05, 4.69) is 53.4 Å². The molecule has 0 saturated carbocycles. The molecule has 0 aromatic heterocycles. The van der Waals surface area contributed by atoms with E-state index in [1.807, 2.05) is 0 Å². The van der Waals surface area contributed by atoms with Gasteiger partial charge in [0.2, 0.25) is 0 Å². The second kappa shape index (κ2) is 5.44. The highest BCUT2D eigenvalue weighted by molar-refractivity contribution is 5.59. The molecular formula is C22H26N2. The minimum atomic E-state index is 0.184. The van der Waals surface area contributed by atoms with Crippen LogP contribution in [0.25, 0.3) is 0 Å². The minimum absolute atomic E-state index is 0.184. The number of hydrogen-bond acceptors (Lipinski definition) is 2. The summed E-state index contributed by atoms with van der Waals surface area (Å²) in [5.41, 5.74) is 12.7. The average Bonchev–Trinajstić information content (AvgIpc) is 2.65. The summed E-state index contributed by atoms with van der Waals surface area (Å²) >= 11 is 0. The Hall–Kier alpha value is -1.64. The van der Waals surface area contributed by atoms with E-state index in [0.717, 1.165) is 32.5 Å². The number of benzene rings is 2. The Bertz CT molecular complexity index is 711. The Kier molecular flexibility index (Phi) is 3.33. The van der Waals surface area contributed by atoms with Crippen molar-refractivity contribution in [2.75, 3.05) is 19.6 Å². The molecule has 4 aliphatic rings. The quantitative estimate of drug-likeness (QED) is 0.916. The van der Waals surface area contributed by atoms with Crippen molar-refractivity contribution in [3.63, 3.8) is 0 Å². The predicted molar refractivity (Wildman–Crippen MR) is 98.4 cm³/mol. The summed E-state index contributed by atoms with van der Waals surface area (Å²) in [6.07, 6.45) is 4.86. The van der Waals surface area contributed by atoms with Gasteiger partial charge in [0.1, 0.15) is 0 Å². The van der Waals surface area contributed by atoms with Crippen LogP contribution >= 0.6 is 0 Å². The topological polar surface area (TPSA) is 29.3 Å². The van der Waals surface area contributed by atoms with E-state index in [4.69, 9.17) is 5.73 Å². The molecule has 0 radical (unpaired) electrons. The van der Waals surface area contributed by atoms with Crippen LogP contribution in [0.1, 0.15) is 53.9 Å². The van der Waals surface area contributed by atoms with Crippen LogP contribution in [0.3, 0.4) is 0 Å². The lowest BCUT2D eigenvalue weighted by atomic mass is 9.55. The summed E-state index contributed by atoms with van der Waals surface area (Å²) in [7, 11) is 0. The van der Waals surface area contributed by atoms with E-state index in [9.17, 15) is 0 Å². The van der Waals surface area contributed by atoms with Gasteiger partial charge in [-0.2, -0.15) is 0 Å². The molecule has 2 bridgehead atoms. The fourth-order valence-corrected chi connectivity index (χ4v) is 5.50. The van der Waals surface area contributed by atoms with Gasteiger partial charge in [0.05, 0.1) is 0 Å². The van der Waals surface area contributed by atoms with Gasteiger partial charge in [-0.25, -0.2) is 0 Å². The highest BCUT2D eigenvalue weighted by Crippen LogP contribution is 2.56. The monoisotopic (exact) mass is 318 g/mol. The molecule has 24 heavy (non-hydrogen) atoms. The molecule has 1 fully saturated rings. The lowest BCUT2D eigenvalue weighted by Gasteiger charge is -2.51. The first-order valence-electron chi connectivity index (χ1n) is 9.45. The van der Waals surface area contributed by atoms with E-state index in [1.165, 1.54) is 12.8 Å². The van der Waals surface area contributed by atoms with E-state index in [1.54, 1.807) is 22.3 Å². The van der Waals surface area contributed by atoms with Crippen LogP contribution in [0.15, 0.2) is 48.5 Å². The summed E-state index contributed by atoms with van der Waals surface area (Å²) in [6, 6.07) is 18.8. The first kappa shape index (κ1) is 14.7. The van der Waals surface area contributed by atoms with Crippen molar-refractivity contribution in [3.05, 3.63) is 70.8 Å². The first-order valence-corrected chi connectivity index (χ1v) is 9.45. The van der Waals surface area contributed by atoms with Crippen molar-refractivity contribution in [2.45, 2.75) is 43.1 Å². The van der Waals surface area contributed by atoms with Crippen molar-refractivity contribution in [1.82, 2.24) is 4.90 Å². The highest BCUT2D eigenvalue weighted by atomic mass is 15.1. The zero-order valence-electron chi connectivity index (χ0n) is 14.2. The lowest BCUT2D eigenvalue weighted by Crippen LogP contribution is -2.51. The third-order valence-electron chi connectivity index (χ3n) is 6.69. The van der Waals surface area contributed by atoms with Crippen molar-refractivity contribution < 1.29 is 0 Å². The van der Waals surface area contributed by atoms with E-state index >= 15 is 0 Å². The van der Waals surface area contributed by atoms with Crippen LogP contribution in [0.2, 0.25) is 0 Å². The SMILES string of the molecule is NC1CCN(CC23CCC(c4ccccc42)c2ccccc23)CC1. The van der Waals surface area contributed by atoms with Crippen molar-refractivity contribution in [3.8, 4) is 0 Å². The third-order valence-corrected chi connectivity index (χ3v) is 6.69. The zero-order chi connectivity index (χ0) is 16.1. The summed E-state index contributed by atoms with van der Waals surface area (Å²) in [4.78, 5) is 2.67. The smallest absolute Gasteiger partial charge is 0.0336 e. The van der Waals surface area contributed by atoms with E-state index < -0.39 is 0 Å². The maximum absolute atomic E-state index is 6.13. The van der Waals surface area contributed by atoms with Gasteiger partial charge in [0.25, 0.3) is 0 Å². The predicted octanol–water partition coefficient (Wildman–Crippen LogP) is 3.63. The fourth-order valence-electron chi connectivity index (χ4n) is 5.50. The number of nitrogens with two attached hydrogens (primary N) is 1. The van der Waals surface area contributed by atoms with Gasteiger partial charge in [-0.05, 0) is 61.0 Å². The van der Waals surface area contributed by atoms with Crippen molar-refractivity contribution >= 4 is 0 Å². The molecule has 1 heterocycles. The van der Waals surface area contributed by atoms with Crippen LogP contribution in [0.4, 0.5) is 0 Å². The minimum Gasteiger partial charge on any atom is -0.328 e. The summed E-state index contributed by atoms with van der Waals surface area (Å²) in [6.45, 7) is 3.45. The molecule has 2 aromatic rings. The molecule has 6 rings (SSSR count). The maximum Gasteiger partial charge on any atom is 0.0336 e. The molecule has 0 spiro atoms. The van der Waals surface area contributed by atoms with Gasteiger partial charge in [-0.15, -0.1) is 0 Å². The Morgan fingerprint density at radius 2 is 1.46 bits per heavy atom. The molecule has 2 aromatic carbocycles. The third kappa shape index (κ3) is 2.03. The number of nitrogens with zero attached hydrogens (tertiary/aromatic N) is 1. The Morgan fingerprint density at radius 1 is 0.875 bits per heavy atom. The number of likely N-dealkylation sites (tertiary alicyclic amines) is 1. The number of piperidine rings is 1. The normalized spacial score (nSPS) is 29.3. The first-order chi connectivity index (χ1) is 11.8. The van der Waals surface area contributed by atoms with Gasteiger partial charge in [0.15, 0.2) is 0 Å². The molecule has 2 nitrogen and oxygen atoms in total. The largest absolute Gasteiger partial charge is 0.328 e. The standard InChI is InChI=1S/C22H26N2/c23-16-10-13-24(14-11-16)15-22-12-9-17(18-5-1-3-7-20(18)22)19-6-2-4-8-21(19)22/h1-8,16-17H,9-15,23H2. The molecule has 0 unspecified atom stereocenters. The van der Waals surface area contributed by atoms with E-state index in [-0.39, 0.29) is 5.41 Å². The lowest BCUT2D eigenvalue weighted by molar-refractivity contribution is 0.164. The van der Waals surface area contributed by atoms with Crippen molar-refractivity contribution in [2.24, 2.45) is 5.73 Å². The molecule has 2 heteroatoms. The van der Waals surface area contributed by atoms with Gasteiger partial charge in [-0.1, -0.05) is 48.5 Å². The van der Waals surface area contributed by atoms with Crippen LogP contribution in [-0.4, -0.2) is 30.6 Å². The summed E-state index contributed by atoms with van der Waals surface area (Å²) < 4.78 is 0. The number of hydrogen-bond donors (Lipinski definition) is 1. The van der Waals surface area contributed by atoms with Gasteiger partial charge < -0.3 is 10.6 Å². The fraction of sp³-hybridized carbons (Fsp3) is 0.455. The Morgan fingerprint density at radius 3 is 2.08 bits per heavy atom. The second-order valence-corrected chi connectivity index (χ2v) is 7.96. The Labute approximate surface area is 144 Å². The molecule has 0 atom stereocenters. The molecule has 3 aliphatic carbocycles. The van der Waals surface area contributed by atoms with Gasteiger partial charge in [0, 0.05) is 23.9 Å². The Balaban J connectivity index is 1.62. The average molecular weight is 318 g/mol. The molecule has 1 saturated heterocycles. The summed E-state index contributed by atoms with van der Waals surface area (Å²) in [5.74, 6) is 0.606. The maximum atomic E-state index is 6.13. The zero-order valence-corrected chi connectivity index (χ0v) is 14.2. The van der Waals surface area contributed by atoms with Crippen molar-refractivity contribution in [1.29, 1.82) is 0 Å². The van der Waals surface area contributed by atoms with Gasteiger partial charge >= 0.3 is 0 Å². The number of rotatable bonds is 2. The molecule has 1 aliphatic heterocycles. The molecule has 124 valence electrons. The second-order valence-electron chi connectivity index (χ2n) is 7.96. The van der Waals surface area contributed by atoms with Crippen LogP contribution in [0.5, 0.6) is 0 Å². The summed E-state index contributed by atoms with van der Waals surface area (Å²) in [5, 5.41) is 0. The van der Waals surface area contributed by atoms with Crippen LogP contribution in [0, 0.1) is 0 Å². The van der Waals surface area contributed by atoms with Crippen LogP contribution < -0.4 is 5.73 Å². The molecular weight excluding hydrogens is 292 g/mol. The molecule has 2 N–H and O–H groups in total. The number of fused-ring (bicyclic) bond motifs is 1. The highest BCUT2D eigenvalue weighted by Gasteiger charge is 2.48. The molecule has 0 amide bonds.